The molecule has 0 aliphatic heterocycles. The molecule has 0 saturated carbocycles. The molecule has 0 aromatic heterocycles. The Morgan fingerprint density at radius 1 is 0.844 bits per heavy atom. The Balaban J connectivity index is 1.51. The second-order valence-electron chi connectivity index (χ2n) is 6.77. The zero-order valence-corrected chi connectivity index (χ0v) is 18.9. The molecule has 32 heavy (non-hydrogen) atoms. The van der Waals surface area contributed by atoms with Gasteiger partial charge in [-0.15, -0.1) is 0 Å². The molecule has 0 unspecified atom stereocenters. The van der Waals surface area contributed by atoms with E-state index < -0.39 is 0 Å². The largest absolute Gasteiger partial charge is 0.493 e. The van der Waals surface area contributed by atoms with Gasteiger partial charge in [-0.05, 0) is 48.0 Å². The van der Waals surface area contributed by atoms with Gasteiger partial charge in [0.25, 0.3) is 11.8 Å². The van der Waals surface area contributed by atoms with Crippen LogP contribution in [0.5, 0.6) is 11.5 Å². The predicted octanol–water partition coefficient (Wildman–Crippen LogP) is 4.74. The molecule has 0 bridgehead atoms. The third-order valence-electron chi connectivity index (χ3n) is 4.55. The predicted molar refractivity (Wildman–Crippen MR) is 125 cm³/mol. The SMILES string of the molecule is COc1cc(C(=O)NCCNC(=O)c2ccccc2Cl)ccc1OCc1ccc(Cl)cc1. The van der Waals surface area contributed by atoms with Crippen molar-refractivity contribution in [2.24, 2.45) is 0 Å². The standard InChI is InChI=1S/C24H22Cl2N2O4/c1-31-22-14-17(8-11-21(22)32-15-16-6-9-18(25)10-7-16)23(29)27-12-13-28-24(30)19-4-2-3-5-20(19)26/h2-11,14H,12-13,15H2,1H3,(H,27,29)(H,28,30). The molecule has 0 saturated heterocycles. The van der Waals surface area contributed by atoms with Gasteiger partial charge in [0, 0.05) is 23.7 Å². The van der Waals surface area contributed by atoms with Crippen LogP contribution in [0.1, 0.15) is 26.3 Å². The van der Waals surface area contributed by atoms with Gasteiger partial charge in [-0.1, -0.05) is 47.5 Å². The number of halogens is 2. The number of benzene rings is 3. The summed E-state index contributed by atoms with van der Waals surface area (Å²) in [5, 5.41) is 6.51. The summed E-state index contributed by atoms with van der Waals surface area (Å²) >= 11 is 11.9. The van der Waals surface area contributed by atoms with Crippen LogP contribution in [0.25, 0.3) is 0 Å². The van der Waals surface area contributed by atoms with Crippen LogP contribution in [0.3, 0.4) is 0 Å². The fourth-order valence-corrected chi connectivity index (χ4v) is 3.21. The molecule has 0 aliphatic carbocycles. The van der Waals surface area contributed by atoms with E-state index in [1.165, 1.54) is 7.11 Å². The number of nitrogens with one attached hydrogen (secondary N) is 2. The lowest BCUT2D eigenvalue weighted by Gasteiger charge is -2.13. The van der Waals surface area contributed by atoms with E-state index >= 15 is 0 Å². The van der Waals surface area contributed by atoms with Crippen LogP contribution in [0.2, 0.25) is 10.0 Å². The minimum Gasteiger partial charge on any atom is -0.493 e. The van der Waals surface area contributed by atoms with Gasteiger partial charge in [-0.3, -0.25) is 9.59 Å². The van der Waals surface area contributed by atoms with Crippen molar-refractivity contribution in [3.05, 3.63) is 93.5 Å². The Hall–Kier alpha value is -3.22. The number of ether oxygens (including phenoxy) is 2. The molecule has 8 heteroatoms. The molecule has 2 N–H and O–H groups in total. The van der Waals surface area contributed by atoms with Crippen molar-refractivity contribution in [2.45, 2.75) is 6.61 Å². The van der Waals surface area contributed by atoms with Gasteiger partial charge in [0.1, 0.15) is 6.61 Å². The maximum atomic E-state index is 12.5. The topological polar surface area (TPSA) is 76.7 Å². The molecule has 0 atom stereocenters. The van der Waals surface area contributed by atoms with E-state index in [1.54, 1.807) is 54.6 Å². The molecule has 0 heterocycles. The van der Waals surface area contributed by atoms with Crippen LogP contribution < -0.4 is 20.1 Å². The summed E-state index contributed by atoms with van der Waals surface area (Å²) in [5.74, 6) is 0.373. The Morgan fingerprint density at radius 2 is 1.53 bits per heavy atom. The van der Waals surface area contributed by atoms with E-state index in [2.05, 4.69) is 10.6 Å². The summed E-state index contributed by atoms with van der Waals surface area (Å²) < 4.78 is 11.2. The lowest BCUT2D eigenvalue weighted by molar-refractivity contribution is 0.0927. The lowest BCUT2D eigenvalue weighted by atomic mass is 10.2. The van der Waals surface area contributed by atoms with Gasteiger partial charge < -0.3 is 20.1 Å². The van der Waals surface area contributed by atoms with Crippen molar-refractivity contribution >= 4 is 35.0 Å². The molecule has 0 aliphatic rings. The van der Waals surface area contributed by atoms with E-state index in [9.17, 15) is 9.59 Å². The highest BCUT2D eigenvalue weighted by molar-refractivity contribution is 6.33. The Labute approximate surface area is 196 Å². The van der Waals surface area contributed by atoms with E-state index in [0.29, 0.717) is 39.3 Å². The number of hydrogen-bond acceptors (Lipinski definition) is 4. The van der Waals surface area contributed by atoms with Gasteiger partial charge in [0.05, 0.1) is 17.7 Å². The van der Waals surface area contributed by atoms with Gasteiger partial charge in [-0.2, -0.15) is 0 Å². The molecule has 0 spiro atoms. The highest BCUT2D eigenvalue weighted by Gasteiger charge is 2.12. The molecule has 166 valence electrons. The molecule has 3 rings (SSSR count). The van der Waals surface area contributed by atoms with Crippen LogP contribution >= 0.6 is 23.2 Å². The van der Waals surface area contributed by atoms with Crippen LogP contribution in [-0.4, -0.2) is 32.0 Å². The monoisotopic (exact) mass is 472 g/mol. The number of carbonyl (C=O) groups is 2. The summed E-state index contributed by atoms with van der Waals surface area (Å²) in [4.78, 5) is 24.6. The second kappa shape index (κ2) is 11.4. The van der Waals surface area contributed by atoms with Crippen molar-refractivity contribution in [3.8, 4) is 11.5 Å². The molecular weight excluding hydrogens is 451 g/mol. The smallest absolute Gasteiger partial charge is 0.252 e. The quantitative estimate of drug-likeness (QED) is 0.441. The first-order chi connectivity index (χ1) is 15.5. The zero-order valence-electron chi connectivity index (χ0n) is 17.4. The zero-order chi connectivity index (χ0) is 22.9. The maximum Gasteiger partial charge on any atom is 0.252 e. The van der Waals surface area contributed by atoms with E-state index in [1.807, 2.05) is 12.1 Å². The first-order valence-corrected chi connectivity index (χ1v) is 10.6. The first kappa shape index (κ1) is 23.4. The Morgan fingerprint density at radius 3 is 2.22 bits per heavy atom. The van der Waals surface area contributed by atoms with E-state index in [-0.39, 0.29) is 24.9 Å². The Kier molecular flexibility index (Phi) is 8.36. The normalized spacial score (nSPS) is 10.3. The van der Waals surface area contributed by atoms with Crippen molar-refractivity contribution in [2.75, 3.05) is 20.2 Å². The minimum absolute atomic E-state index is 0.256. The molecule has 6 nitrogen and oxygen atoms in total. The Bertz CT molecular complexity index is 1090. The highest BCUT2D eigenvalue weighted by atomic mass is 35.5. The average molecular weight is 473 g/mol. The molecule has 0 radical (unpaired) electrons. The number of amides is 2. The number of methoxy groups -OCH3 is 1. The van der Waals surface area contributed by atoms with Gasteiger partial charge >= 0.3 is 0 Å². The molecule has 3 aromatic carbocycles. The van der Waals surface area contributed by atoms with Crippen molar-refractivity contribution < 1.29 is 19.1 Å². The number of rotatable bonds is 9. The van der Waals surface area contributed by atoms with Crippen LogP contribution in [-0.2, 0) is 6.61 Å². The summed E-state index contributed by atoms with van der Waals surface area (Å²) in [7, 11) is 1.51. The van der Waals surface area contributed by atoms with Gasteiger partial charge in [-0.25, -0.2) is 0 Å². The molecular formula is C24H22Cl2N2O4. The third-order valence-corrected chi connectivity index (χ3v) is 5.13. The summed E-state index contributed by atoms with van der Waals surface area (Å²) in [5.41, 5.74) is 1.76. The van der Waals surface area contributed by atoms with Gasteiger partial charge in [0.15, 0.2) is 11.5 Å². The number of carbonyl (C=O) groups excluding carboxylic acids is 2. The fourth-order valence-electron chi connectivity index (χ4n) is 2.86. The van der Waals surface area contributed by atoms with E-state index in [4.69, 9.17) is 32.7 Å². The average Bonchev–Trinajstić information content (AvgIpc) is 2.81. The maximum absolute atomic E-state index is 12.5. The molecule has 2 amide bonds. The van der Waals surface area contributed by atoms with Crippen LogP contribution in [0.4, 0.5) is 0 Å². The van der Waals surface area contributed by atoms with Crippen LogP contribution in [0, 0.1) is 0 Å². The van der Waals surface area contributed by atoms with Crippen molar-refractivity contribution in [1.82, 2.24) is 10.6 Å². The third kappa shape index (κ3) is 6.39. The number of hydrogen-bond donors (Lipinski definition) is 2. The summed E-state index contributed by atoms with van der Waals surface area (Å²) in [6.07, 6.45) is 0. The molecule has 3 aromatic rings. The molecule has 0 fully saturated rings. The van der Waals surface area contributed by atoms with Gasteiger partial charge in [0.2, 0.25) is 0 Å². The minimum atomic E-state index is -0.297. The van der Waals surface area contributed by atoms with Crippen molar-refractivity contribution in [3.63, 3.8) is 0 Å². The van der Waals surface area contributed by atoms with Crippen LogP contribution in [0.15, 0.2) is 66.7 Å². The lowest BCUT2D eigenvalue weighted by Crippen LogP contribution is -2.34. The van der Waals surface area contributed by atoms with Crippen molar-refractivity contribution in [1.29, 1.82) is 0 Å². The summed E-state index contributed by atoms with van der Waals surface area (Å²) in [6, 6.07) is 19.1. The first-order valence-electron chi connectivity index (χ1n) is 9.84. The fraction of sp³-hybridized carbons (Fsp3) is 0.167. The summed E-state index contributed by atoms with van der Waals surface area (Å²) in [6.45, 7) is 0.853. The van der Waals surface area contributed by atoms with E-state index in [0.717, 1.165) is 5.56 Å². The second-order valence-corrected chi connectivity index (χ2v) is 7.62. The highest BCUT2D eigenvalue weighted by Crippen LogP contribution is 2.29.